The second-order valence-corrected chi connectivity index (χ2v) is 9.91. The summed E-state index contributed by atoms with van der Waals surface area (Å²) in [7, 11) is 1.51. The summed E-state index contributed by atoms with van der Waals surface area (Å²) in [5, 5.41) is 25.0. The number of carbonyl (C=O) groups is 2. The molecule has 216 valence electrons. The van der Waals surface area contributed by atoms with Crippen LogP contribution in [0.3, 0.4) is 0 Å². The van der Waals surface area contributed by atoms with Gasteiger partial charge in [-0.3, -0.25) is 0 Å². The summed E-state index contributed by atoms with van der Waals surface area (Å²) >= 11 is 0. The molecular formula is C28H32N6O7. The number of methoxy groups -OCH3 is 1. The molecular weight excluding hydrogens is 532 g/mol. The van der Waals surface area contributed by atoms with E-state index in [1.165, 1.54) is 21.0 Å². The van der Waals surface area contributed by atoms with Gasteiger partial charge in [-0.15, -0.1) is 5.10 Å². The maximum atomic E-state index is 13.2. The number of aromatic amines is 1. The number of nitrogens with zero attached hydrogens (tertiary/aromatic N) is 5. The van der Waals surface area contributed by atoms with Crippen LogP contribution in [0.25, 0.3) is 22.5 Å². The van der Waals surface area contributed by atoms with E-state index in [1.807, 2.05) is 48.5 Å². The summed E-state index contributed by atoms with van der Waals surface area (Å²) in [4.78, 5) is 29.4. The average molecular weight is 565 g/mol. The molecule has 0 aliphatic carbocycles. The molecule has 0 saturated carbocycles. The van der Waals surface area contributed by atoms with Gasteiger partial charge in [0.25, 0.3) is 0 Å². The van der Waals surface area contributed by atoms with Crippen molar-refractivity contribution in [2.75, 3.05) is 13.9 Å². The number of hydrogen-bond donors (Lipinski definition) is 2. The standard InChI is InChI=1S/C28H32N6O7/c1-17(2)41-27(36)40-16-39-26(35)23-24(28(3,4)37)29-22(15-38-5)34(23)14-18-10-12-19(13-11-18)20-8-6-7-9-21(20)25-30-32-33-31-25/h6-13,17,37H,14-16H2,1-5H3,(H,30,31,32,33). The molecule has 0 aliphatic heterocycles. The van der Waals surface area contributed by atoms with E-state index in [2.05, 4.69) is 25.6 Å². The van der Waals surface area contributed by atoms with Gasteiger partial charge in [-0.25, -0.2) is 19.7 Å². The van der Waals surface area contributed by atoms with Crippen LogP contribution in [0.4, 0.5) is 4.79 Å². The summed E-state index contributed by atoms with van der Waals surface area (Å²) in [6.07, 6.45) is -1.36. The minimum Gasteiger partial charge on any atom is -0.431 e. The Kier molecular flexibility index (Phi) is 9.10. The first-order valence-corrected chi connectivity index (χ1v) is 12.8. The molecule has 4 rings (SSSR count). The predicted octanol–water partition coefficient (Wildman–Crippen LogP) is 3.83. The van der Waals surface area contributed by atoms with Gasteiger partial charge in [0, 0.05) is 19.2 Å². The third-order valence-corrected chi connectivity index (χ3v) is 5.92. The number of aliphatic hydroxyl groups is 1. The fourth-order valence-corrected chi connectivity index (χ4v) is 4.16. The molecule has 0 fully saturated rings. The molecule has 13 nitrogen and oxygen atoms in total. The van der Waals surface area contributed by atoms with Crippen LogP contribution in [0.2, 0.25) is 0 Å². The Morgan fingerprint density at radius 1 is 1.05 bits per heavy atom. The second kappa shape index (κ2) is 12.7. The van der Waals surface area contributed by atoms with E-state index in [0.29, 0.717) is 11.6 Å². The fourth-order valence-electron chi connectivity index (χ4n) is 4.16. The molecule has 2 aromatic carbocycles. The molecule has 0 aliphatic rings. The van der Waals surface area contributed by atoms with Crippen LogP contribution in [-0.2, 0) is 37.7 Å². The summed E-state index contributed by atoms with van der Waals surface area (Å²) in [6.45, 7) is 5.98. The second-order valence-electron chi connectivity index (χ2n) is 9.91. The van der Waals surface area contributed by atoms with Crippen LogP contribution < -0.4 is 0 Å². The van der Waals surface area contributed by atoms with Crippen molar-refractivity contribution in [1.82, 2.24) is 30.2 Å². The van der Waals surface area contributed by atoms with Crippen LogP contribution in [0.15, 0.2) is 48.5 Å². The molecule has 13 heteroatoms. The van der Waals surface area contributed by atoms with E-state index in [1.54, 1.807) is 18.4 Å². The van der Waals surface area contributed by atoms with Crippen molar-refractivity contribution in [3.63, 3.8) is 0 Å². The van der Waals surface area contributed by atoms with Crippen LogP contribution in [0, 0.1) is 0 Å². The normalized spacial score (nSPS) is 11.5. The lowest BCUT2D eigenvalue weighted by molar-refractivity contribution is -0.0355. The Labute approximate surface area is 236 Å². The lowest BCUT2D eigenvalue weighted by Crippen LogP contribution is -2.24. The van der Waals surface area contributed by atoms with Gasteiger partial charge in [-0.2, -0.15) is 0 Å². The molecule has 0 radical (unpaired) electrons. The quantitative estimate of drug-likeness (QED) is 0.201. The number of hydrogen-bond acceptors (Lipinski definition) is 11. The Balaban J connectivity index is 1.63. The van der Waals surface area contributed by atoms with Gasteiger partial charge >= 0.3 is 12.1 Å². The zero-order valence-electron chi connectivity index (χ0n) is 23.5. The van der Waals surface area contributed by atoms with E-state index >= 15 is 0 Å². The molecule has 2 heterocycles. The Morgan fingerprint density at radius 3 is 2.37 bits per heavy atom. The van der Waals surface area contributed by atoms with Gasteiger partial charge in [-0.1, -0.05) is 48.5 Å². The number of tetrazole rings is 1. The lowest BCUT2D eigenvalue weighted by atomic mass is 9.98. The summed E-state index contributed by atoms with van der Waals surface area (Å²) in [5.41, 5.74) is 2.19. The van der Waals surface area contributed by atoms with Crippen molar-refractivity contribution in [3.8, 4) is 22.5 Å². The first-order valence-electron chi connectivity index (χ1n) is 12.8. The number of carbonyl (C=O) groups excluding carboxylic acids is 2. The van der Waals surface area contributed by atoms with Crippen molar-refractivity contribution in [2.45, 2.75) is 52.6 Å². The van der Waals surface area contributed by atoms with Crippen LogP contribution in [0.5, 0.6) is 0 Å². The van der Waals surface area contributed by atoms with E-state index in [4.69, 9.17) is 18.9 Å². The number of aromatic nitrogens is 6. The predicted molar refractivity (Wildman–Crippen MR) is 145 cm³/mol. The minimum atomic E-state index is -1.48. The molecule has 0 unspecified atom stereocenters. The number of imidazole rings is 1. The van der Waals surface area contributed by atoms with Gasteiger partial charge in [0.1, 0.15) is 23.7 Å². The first-order chi connectivity index (χ1) is 19.6. The van der Waals surface area contributed by atoms with Gasteiger partial charge in [0.2, 0.25) is 6.79 Å². The molecule has 0 atom stereocenters. The van der Waals surface area contributed by atoms with Gasteiger partial charge in [0.05, 0.1) is 6.10 Å². The Hall–Kier alpha value is -4.62. The van der Waals surface area contributed by atoms with E-state index in [0.717, 1.165) is 22.3 Å². The van der Waals surface area contributed by atoms with Gasteiger partial charge in [0.15, 0.2) is 11.5 Å². The maximum Gasteiger partial charge on any atom is 0.511 e. The first kappa shape index (κ1) is 29.4. The van der Waals surface area contributed by atoms with E-state index in [-0.39, 0.29) is 24.5 Å². The molecule has 2 aromatic heterocycles. The molecule has 0 amide bonds. The van der Waals surface area contributed by atoms with E-state index < -0.39 is 30.6 Å². The van der Waals surface area contributed by atoms with Crippen molar-refractivity contribution in [3.05, 3.63) is 71.3 Å². The zero-order valence-corrected chi connectivity index (χ0v) is 23.5. The van der Waals surface area contributed by atoms with E-state index in [9.17, 15) is 14.7 Å². The van der Waals surface area contributed by atoms with Crippen LogP contribution in [0.1, 0.15) is 55.3 Å². The highest BCUT2D eigenvalue weighted by Crippen LogP contribution is 2.31. The number of benzene rings is 2. The zero-order chi connectivity index (χ0) is 29.6. The summed E-state index contributed by atoms with van der Waals surface area (Å²) in [6, 6.07) is 15.5. The molecule has 0 spiro atoms. The molecule has 41 heavy (non-hydrogen) atoms. The highest BCUT2D eigenvalue weighted by atomic mass is 16.8. The summed E-state index contributed by atoms with van der Waals surface area (Å²) in [5.74, 6) is 0.126. The minimum absolute atomic E-state index is 0.0117. The number of nitrogens with one attached hydrogen (secondary N) is 1. The van der Waals surface area contributed by atoms with Crippen LogP contribution in [-0.4, -0.2) is 67.4 Å². The third-order valence-electron chi connectivity index (χ3n) is 5.92. The molecule has 0 saturated heterocycles. The average Bonchev–Trinajstić information content (AvgIpc) is 3.58. The Bertz CT molecular complexity index is 1470. The monoisotopic (exact) mass is 564 g/mol. The number of rotatable bonds is 11. The number of ether oxygens (including phenoxy) is 4. The smallest absolute Gasteiger partial charge is 0.431 e. The number of H-pyrrole nitrogens is 1. The maximum absolute atomic E-state index is 13.2. The molecule has 2 N–H and O–H groups in total. The highest BCUT2D eigenvalue weighted by Gasteiger charge is 2.33. The molecule has 0 bridgehead atoms. The largest absolute Gasteiger partial charge is 0.511 e. The number of esters is 1. The lowest BCUT2D eigenvalue weighted by Gasteiger charge is -2.18. The highest BCUT2D eigenvalue weighted by molar-refractivity contribution is 5.89. The third kappa shape index (κ3) is 7.13. The van der Waals surface area contributed by atoms with Crippen LogP contribution >= 0.6 is 0 Å². The fraction of sp³-hybridized carbons (Fsp3) is 0.357. The van der Waals surface area contributed by atoms with Crippen molar-refractivity contribution < 1.29 is 33.6 Å². The van der Waals surface area contributed by atoms with Crippen molar-refractivity contribution >= 4 is 12.1 Å². The topological polar surface area (TPSA) is 164 Å². The van der Waals surface area contributed by atoms with Gasteiger partial charge in [-0.05, 0) is 54.8 Å². The summed E-state index contributed by atoms with van der Waals surface area (Å²) < 4.78 is 21.9. The molecule has 4 aromatic rings. The van der Waals surface area contributed by atoms with Crippen molar-refractivity contribution in [1.29, 1.82) is 0 Å². The van der Waals surface area contributed by atoms with Gasteiger partial charge < -0.3 is 28.6 Å². The van der Waals surface area contributed by atoms with Crippen molar-refractivity contribution in [2.24, 2.45) is 0 Å². The Morgan fingerprint density at radius 2 is 1.76 bits per heavy atom. The SMILES string of the molecule is COCc1nc(C(C)(C)O)c(C(=O)OCOC(=O)OC(C)C)n1Cc1ccc(-c2ccccc2-c2nnn[nH]2)cc1.